The van der Waals surface area contributed by atoms with Gasteiger partial charge in [-0.3, -0.25) is 14.2 Å². The molecule has 2 aromatic carbocycles. The number of piperazine rings is 1. The Morgan fingerprint density at radius 3 is 2.46 bits per heavy atom. The topological polar surface area (TPSA) is 100 Å². The maximum atomic E-state index is 13.6. The Kier molecular flexibility index (Phi) is 6.68. The van der Waals surface area contributed by atoms with Crippen molar-refractivity contribution in [3.63, 3.8) is 0 Å². The van der Waals surface area contributed by atoms with E-state index in [4.69, 9.17) is 0 Å². The molecule has 9 heteroatoms. The fourth-order valence-corrected chi connectivity index (χ4v) is 4.43. The van der Waals surface area contributed by atoms with E-state index < -0.39 is 0 Å². The van der Waals surface area contributed by atoms with Crippen molar-refractivity contribution in [1.29, 1.82) is 0 Å². The predicted molar refractivity (Wildman–Crippen MR) is 143 cm³/mol. The predicted octanol–water partition coefficient (Wildman–Crippen LogP) is 3.70. The number of carbonyl (C=O) groups excluding carboxylic acids is 2. The van der Waals surface area contributed by atoms with Gasteiger partial charge in [-0.2, -0.15) is 0 Å². The van der Waals surface area contributed by atoms with Crippen molar-refractivity contribution < 1.29 is 9.59 Å². The molecule has 3 heterocycles. The van der Waals surface area contributed by atoms with Crippen molar-refractivity contribution in [2.24, 2.45) is 0 Å². The molecular formula is C28H28N6O3. The van der Waals surface area contributed by atoms with Gasteiger partial charge < -0.3 is 15.1 Å². The Morgan fingerprint density at radius 2 is 1.73 bits per heavy atom. The first kappa shape index (κ1) is 24.2. The number of Topliss-reactive ketones (excluding diaryl/α,β-unsaturated/α-hetero) is 1. The molecule has 0 bridgehead atoms. The Morgan fingerprint density at radius 1 is 0.973 bits per heavy atom. The molecule has 9 nitrogen and oxygen atoms in total. The lowest BCUT2D eigenvalue weighted by molar-refractivity contribution is 0.101. The second-order valence-electron chi connectivity index (χ2n) is 9.20. The van der Waals surface area contributed by atoms with Crippen molar-refractivity contribution >= 4 is 34.5 Å². The first-order valence-electron chi connectivity index (χ1n) is 12.2. The smallest absolute Gasteiger partial charge is 0.321 e. The van der Waals surface area contributed by atoms with Crippen LogP contribution in [0.5, 0.6) is 0 Å². The molecule has 5 rings (SSSR count). The van der Waals surface area contributed by atoms with Gasteiger partial charge >= 0.3 is 6.03 Å². The molecule has 2 aromatic heterocycles. The first-order valence-corrected chi connectivity index (χ1v) is 12.2. The maximum Gasteiger partial charge on any atom is 0.321 e. The molecule has 2 amide bonds. The normalized spacial score (nSPS) is 13.6. The third kappa shape index (κ3) is 5.20. The number of pyridine rings is 1. The molecule has 0 radical (unpaired) electrons. The summed E-state index contributed by atoms with van der Waals surface area (Å²) in [6, 6.07) is 18.4. The Balaban J connectivity index is 1.34. The first-order chi connectivity index (χ1) is 17.9. The van der Waals surface area contributed by atoms with Gasteiger partial charge in [-0.15, -0.1) is 0 Å². The molecule has 0 unspecified atom stereocenters. The van der Waals surface area contributed by atoms with Crippen LogP contribution in [-0.4, -0.2) is 57.4 Å². The Labute approximate surface area is 214 Å². The lowest BCUT2D eigenvalue weighted by atomic mass is 10.1. The standard InChI is InChI=1S/C28H28N6O3/c1-19-8-10-21(11-9-19)18-34-25-24(7-4-12-29-25)31-26(27(34)36)32-13-15-33(16-14-32)28(37)30-23-6-3-5-22(17-23)20(2)35/h3-12,17H,13-16,18H2,1-2H3,(H,30,37). The molecule has 4 aromatic rings. The van der Waals surface area contributed by atoms with Crippen molar-refractivity contribution in [3.8, 4) is 0 Å². The van der Waals surface area contributed by atoms with Crippen LogP contribution in [-0.2, 0) is 6.54 Å². The highest BCUT2D eigenvalue weighted by atomic mass is 16.2. The van der Waals surface area contributed by atoms with E-state index in [-0.39, 0.29) is 17.4 Å². The van der Waals surface area contributed by atoms with Crippen LogP contribution >= 0.6 is 0 Å². The number of nitrogens with zero attached hydrogens (tertiary/aromatic N) is 5. The van der Waals surface area contributed by atoms with Crippen LogP contribution in [0.1, 0.15) is 28.4 Å². The molecule has 0 saturated carbocycles. The minimum atomic E-state index is -0.243. The fraction of sp³-hybridized carbons (Fsp3) is 0.250. The highest BCUT2D eigenvalue weighted by Gasteiger charge is 2.25. The highest BCUT2D eigenvalue weighted by Crippen LogP contribution is 2.17. The summed E-state index contributed by atoms with van der Waals surface area (Å²) in [7, 11) is 0. The summed E-state index contributed by atoms with van der Waals surface area (Å²) in [5, 5.41) is 2.86. The van der Waals surface area contributed by atoms with E-state index in [0.29, 0.717) is 61.0 Å². The lowest BCUT2D eigenvalue weighted by Gasteiger charge is -2.35. The average Bonchev–Trinajstić information content (AvgIpc) is 2.91. The second kappa shape index (κ2) is 10.2. The van der Waals surface area contributed by atoms with E-state index in [1.54, 1.807) is 39.9 Å². The molecule has 1 aliphatic rings. The van der Waals surface area contributed by atoms with E-state index in [0.717, 1.165) is 11.1 Å². The third-order valence-corrected chi connectivity index (χ3v) is 6.53. The summed E-state index contributed by atoms with van der Waals surface area (Å²) in [5.74, 6) is 0.303. The number of aryl methyl sites for hydroxylation is 1. The van der Waals surface area contributed by atoms with Gasteiger partial charge in [0.25, 0.3) is 5.56 Å². The molecule has 188 valence electrons. The number of nitrogens with one attached hydrogen (secondary N) is 1. The number of hydrogen-bond acceptors (Lipinski definition) is 6. The number of aromatic nitrogens is 3. The van der Waals surface area contributed by atoms with E-state index >= 15 is 0 Å². The highest BCUT2D eigenvalue weighted by molar-refractivity contribution is 5.96. The van der Waals surface area contributed by atoms with Crippen molar-refractivity contribution in [3.05, 3.63) is 93.9 Å². The Bertz CT molecular complexity index is 1520. The number of fused-ring (bicyclic) bond motifs is 1. The van der Waals surface area contributed by atoms with Gasteiger partial charge in [0, 0.05) is 43.6 Å². The van der Waals surface area contributed by atoms with Gasteiger partial charge in [0.05, 0.1) is 6.54 Å². The summed E-state index contributed by atoms with van der Waals surface area (Å²) in [6.45, 7) is 5.72. The summed E-state index contributed by atoms with van der Waals surface area (Å²) < 4.78 is 1.67. The average molecular weight is 497 g/mol. The molecule has 0 aliphatic carbocycles. The van der Waals surface area contributed by atoms with E-state index in [9.17, 15) is 14.4 Å². The molecule has 0 atom stereocenters. The number of carbonyl (C=O) groups is 2. The number of rotatable bonds is 5. The van der Waals surface area contributed by atoms with Gasteiger partial charge in [-0.1, -0.05) is 42.0 Å². The number of hydrogen-bond donors (Lipinski definition) is 1. The van der Waals surface area contributed by atoms with Crippen molar-refractivity contribution in [2.75, 3.05) is 36.4 Å². The van der Waals surface area contributed by atoms with Gasteiger partial charge in [-0.25, -0.2) is 14.8 Å². The van der Waals surface area contributed by atoms with Crippen LogP contribution in [0, 0.1) is 6.92 Å². The van der Waals surface area contributed by atoms with Crippen LogP contribution in [0.25, 0.3) is 11.2 Å². The largest absolute Gasteiger partial charge is 0.348 e. The van der Waals surface area contributed by atoms with Gasteiger partial charge in [-0.05, 0) is 43.7 Å². The van der Waals surface area contributed by atoms with Crippen molar-refractivity contribution in [2.45, 2.75) is 20.4 Å². The zero-order chi connectivity index (χ0) is 25.9. The van der Waals surface area contributed by atoms with Crippen molar-refractivity contribution in [1.82, 2.24) is 19.4 Å². The number of amides is 2. The Hall–Kier alpha value is -4.53. The van der Waals surface area contributed by atoms with Crippen LogP contribution in [0.15, 0.2) is 71.7 Å². The van der Waals surface area contributed by atoms with Gasteiger partial charge in [0.2, 0.25) is 0 Å². The number of urea groups is 1. The van der Waals surface area contributed by atoms with Crippen LogP contribution in [0.4, 0.5) is 16.3 Å². The van der Waals surface area contributed by atoms with Crippen LogP contribution in [0.3, 0.4) is 0 Å². The van der Waals surface area contributed by atoms with E-state index in [1.807, 2.05) is 48.2 Å². The minimum absolute atomic E-state index is 0.0594. The summed E-state index contributed by atoms with van der Waals surface area (Å²) >= 11 is 0. The minimum Gasteiger partial charge on any atom is -0.348 e. The molecule has 1 aliphatic heterocycles. The third-order valence-electron chi connectivity index (χ3n) is 6.53. The fourth-order valence-electron chi connectivity index (χ4n) is 4.43. The van der Waals surface area contributed by atoms with E-state index in [2.05, 4.69) is 15.3 Å². The zero-order valence-electron chi connectivity index (χ0n) is 20.8. The van der Waals surface area contributed by atoms with Crippen LogP contribution < -0.4 is 15.8 Å². The lowest BCUT2D eigenvalue weighted by Crippen LogP contribution is -2.51. The molecule has 0 spiro atoms. The molecular weight excluding hydrogens is 468 g/mol. The zero-order valence-corrected chi connectivity index (χ0v) is 20.8. The molecule has 1 N–H and O–H groups in total. The summed E-state index contributed by atoms with van der Waals surface area (Å²) in [5.41, 5.74) is 4.27. The van der Waals surface area contributed by atoms with Crippen LogP contribution in [0.2, 0.25) is 0 Å². The van der Waals surface area contributed by atoms with E-state index in [1.165, 1.54) is 6.92 Å². The van der Waals surface area contributed by atoms with Gasteiger partial charge in [0.1, 0.15) is 5.52 Å². The summed E-state index contributed by atoms with van der Waals surface area (Å²) in [4.78, 5) is 50.8. The number of ketones is 1. The number of anilines is 2. The summed E-state index contributed by atoms with van der Waals surface area (Å²) in [6.07, 6.45) is 1.66. The van der Waals surface area contributed by atoms with Gasteiger partial charge in [0.15, 0.2) is 17.2 Å². The SMILES string of the molecule is CC(=O)c1cccc(NC(=O)N2CCN(c3nc4cccnc4n(Cc4ccc(C)cc4)c3=O)CC2)c1. The molecule has 37 heavy (non-hydrogen) atoms. The number of benzene rings is 2. The monoisotopic (exact) mass is 496 g/mol. The molecule has 1 fully saturated rings. The maximum absolute atomic E-state index is 13.6. The quantitative estimate of drug-likeness (QED) is 0.423. The second-order valence-corrected chi connectivity index (χ2v) is 9.20. The molecule has 1 saturated heterocycles.